The number of carbonyl (C=O) groups is 2. The number of amides is 2. The van der Waals surface area contributed by atoms with E-state index in [9.17, 15) is 9.59 Å². The maximum absolute atomic E-state index is 12.9. The van der Waals surface area contributed by atoms with Crippen molar-refractivity contribution in [3.8, 4) is 6.07 Å². The van der Waals surface area contributed by atoms with E-state index in [-0.39, 0.29) is 23.7 Å². The van der Waals surface area contributed by atoms with Crippen LogP contribution in [0.25, 0.3) is 0 Å². The number of rotatable bonds is 1. The van der Waals surface area contributed by atoms with Gasteiger partial charge in [-0.05, 0) is 67.2 Å². The van der Waals surface area contributed by atoms with Gasteiger partial charge in [0, 0.05) is 0 Å². The predicted molar refractivity (Wildman–Crippen MR) is 78.4 cm³/mol. The molecule has 1 saturated heterocycles. The zero-order valence-corrected chi connectivity index (χ0v) is 12.1. The largest absolute Gasteiger partial charge is 0.274 e. The molecular weight excluding hydrogens is 276 g/mol. The first-order valence-corrected chi connectivity index (χ1v) is 8.08. The van der Waals surface area contributed by atoms with Crippen molar-refractivity contribution in [3.63, 3.8) is 0 Å². The van der Waals surface area contributed by atoms with Crippen molar-refractivity contribution >= 4 is 17.5 Å². The van der Waals surface area contributed by atoms with E-state index < -0.39 is 0 Å². The average Bonchev–Trinajstić information content (AvgIpc) is 3.32. The summed E-state index contributed by atoms with van der Waals surface area (Å²) in [5, 5.41) is 8.88. The van der Waals surface area contributed by atoms with E-state index in [1.807, 2.05) is 0 Å². The van der Waals surface area contributed by atoms with Crippen LogP contribution in [0, 0.1) is 46.8 Å². The summed E-state index contributed by atoms with van der Waals surface area (Å²) in [7, 11) is 0. The first-order chi connectivity index (χ1) is 10.7. The van der Waals surface area contributed by atoms with Crippen LogP contribution in [0.3, 0.4) is 0 Å². The van der Waals surface area contributed by atoms with Crippen LogP contribution >= 0.6 is 0 Å². The molecule has 22 heavy (non-hydrogen) atoms. The third kappa shape index (κ3) is 1.37. The highest BCUT2D eigenvalue weighted by atomic mass is 16.2. The van der Waals surface area contributed by atoms with Crippen LogP contribution in [-0.4, -0.2) is 11.8 Å². The number of hydrogen-bond donors (Lipinski definition) is 0. The summed E-state index contributed by atoms with van der Waals surface area (Å²) in [4.78, 5) is 27.2. The zero-order valence-electron chi connectivity index (χ0n) is 12.1. The zero-order chi connectivity index (χ0) is 15.0. The van der Waals surface area contributed by atoms with Crippen molar-refractivity contribution in [1.82, 2.24) is 0 Å². The number of nitriles is 1. The van der Waals surface area contributed by atoms with Gasteiger partial charge in [-0.1, -0.05) is 0 Å². The van der Waals surface area contributed by atoms with Crippen LogP contribution < -0.4 is 4.90 Å². The molecule has 0 radical (unpaired) electrons. The van der Waals surface area contributed by atoms with Gasteiger partial charge in [-0.3, -0.25) is 14.5 Å². The van der Waals surface area contributed by atoms with E-state index >= 15 is 0 Å². The Balaban J connectivity index is 1.54. The van der Waals surface area contributed by atoms with Gasteiger partial charge in [0.05, 0.1) is 29.2 Å². The lowest BCUT2D eigenvalue weighted by Crippen LogP contribution is -2.43. The summed E-state index contributed by atoms with van der Waals surface area (Å²) in [5.41, 5.74) is 1.16. The molecule has 1 aromatic rings. The molecule has 110 valence electrons. The first kappa shape index (κ1) is 12.4. The predicted octanol–water partition coefficient (Wildman–Crippen LogP) is 2.34. The maximum atomic E-state index is 12.9. The third-order valence-electron chi connectivity index (χ3n) is 6.40. The van der Waals surface area contributed by atoms with Crippen molar-refractivity contribution in [2.24, 2.45) is 35.5 Å². The Bertz CT molecular complexity index is 698. The summed E-state index contributed by atoms with van der Waals surface area (Å²) in [6.07, 6.45) is 3.47. The number of imide groups is 1. The molecule has 4 aliphatic carbocycles. The molecule has 2 amide bonds. The quantitative estimate of drug-likeness (QED) is 0.746. The van der Waals surface area contributed by atoms with Gasteiger partial charge < -0.3 is 0 Å². The lowest BCUT2D eigenvalue weighted by atomic mass is 9.59. The van der Waals surface area contributed by atoms with Crippen LogP contribution in [0.2, 0.25) is 0 Å². The summed E-state index contributed by atoms with van der Waals surface area (Å²) in [6.45, 7) is 0. The molecule has 1 aliphatic heterocycles. The topological polar surface area (TPSA) is 61.2 Å². The maximum Gasteiger partial charge on any atom is 0.237 e. The second-order valence-electron chi connectivity index (χ2n) is 7.19. The Labute approximate surface area is 128 Å². The molecule has 5 aliphatic rings. The molecule has 1 aromatic carbocycles. The summed E-state index contributed by atoms with van der Waals surface area (Å²) >= 11 is 0. The molecule has 1 heterocycles. The fourth-order valence-corrected chi connectivity index (χ4v) is 5.48. The van der Waals surface area contributed by atoms with Crippen molar-refractivity contribution in [3.05, 3.63) is 29.8 Å². The molecule has 4 nitrogen and oxygen atoms in total. The fraction of sp³-hybridized carbons (Fsp3) is 0.500. The van der Waals surface area contributed by atoms with E-state index in [0.29, 0.717) is 34.9 Å². The normalized spacial score (nSPS) is 41.1. The molecule has 6 unspecified atom stereocenters. The Morgan fingerprint density at radius 2 is 1.45 bits per heavy atom. The molecular formula is C18H16N2O2. The highest BCUT2D eigenvalue weighted by molar-refractivity contribution is 6.22. The first-order valence-electron chi connectivity index (χ1n) is 8.08. The minimum absolute atomic E-state index is 0.000224. The monoisotopic (exact) mass is 292 g/mol. The van der Waals surface area contributed by atoms with Crippen LogP contribution in [0.4, 0.5) is 5.69 Å². The number of carbonyl (C=O) groups excluding carboxylic acids is 2. The molecule has 0 spiro atoms. The molecule has 0 N–H and O–H groups in total. The van der Waals surface area contributed by atoms with E-state index in [1.54, 1.807) is 24.3 Å². The number of fused-ring (bicyclic) bond motifs is 1. The average molecular weight is 292 g/mol. The van der Waals surface area contributed by atoms with Gasteiger partial charge in [-0.25, -0.2) is 0 Å². The van der Waals surface area contributed by atoms with Crippen LogP contribution in [0.5, 0.6) is 0 Å². The molecule has 6 atom stereocenters. The van der Waals surface area contributed by atoms with Gasteiger partial charge >= 0.3 is 0 Å². The van der Waals surface area contributed by atoms with Gasteiger partial charge in [0.25, 0.3) is 0 Å². The van der Waals surface area contributed by atoms with Crippen molar-refractivity contribution < 1.29 is 9.59 Å². The number of anilines is 1. The Morgan fingerprint density at radius 3 is 1.95 bits per heavy atom. The molecule has 4 saturated carbocycles. The van der Waals surface area contributed by atoms with Gasteiger partial charge in [0.2, 0.25) is 11.8 Å². The Kier molecular flexibility index (Phi) is 2.24. The Hall–Kier alpha value is -2.15. The smallest absolute Gasteiger partial charge is 0.237 e. The fourth-order valence-electron chi connectivity index (χ4n) is 5.48. The molecule has 4 heteroatoms. The molecule has 0 aromatic heterocycles. The van der Waals surface area contributed by atoms with E-state index in [4.69, 9.17) is 5.26 Å². The van der Waals surface area contributed by atoms with Crippen LogP contribution in [-0.2, 0) is 9.59 Å². The highest BCUT2D eigenvalue weighted by Crippen LogP contribution is 2.68. The summed E-state index contributed by atoms with van der Waals surface area (Å²) in [6, 6.07) is 8.84. The molecule has 2 bridgehead atoms. The van der Waals surface area contributed by atoms with Gasteiger partial charge in [-0.15, -0.1) is 0 Å². The lowest BCUT2D eigenvalue weighted by molar-refractivity contribution is -0.129. The van der Waals surface area contributed by atoms with Crippen molar-refractivity contribution in [2.45, 2.75) is 19.3 Å². The number of hydrogen-bond acceptors (Lipinski definition) is 3. The van der Waals surface area contributed by atoms with Gasteiger partial charge in [0.1, 0.15) is 0 Å². The number of nitrogens with zero attached hydrogens (tertiary/aromatic N) is 2. The second kappa shape index (κ2) is 3.98. The minimum atomic E-state index is -0.0781. The highest BCUT2D eigenvalue weighted by Gasteiger charge is 2.68. The number of benzene rings is 1. The summed E-state index contributed by atoms with van der Waals surface area (Å²) < 4.78 is 0. The van der Waals surface area contributed by atoms with Gasteiger partial charge in [-0.2, -0.15) is 5.26 Å². The summed E-state index contributed by atoms with van der Waals surface area (Å²) in [5.74, 6) is 2.12. The van der Waals surface area contributed by atoms with E-state index in [1.165, 1.54) is 11.3 Å². The van der Waals surface area contributed by atoms with Crippen molar-refractivity contribution in [2.75, 3.05) is 4.90 Å². The third-order valence-corrected chi connectivity index (χ3v) is 6.40. The Morgan fingerprint density at radius 1 is 0.909 bits per heavy atom. The SMILES string of the molecule is N#Cc1ccc(N2C(=O)C3C4CCC(C5CC54)C3C2=O)cc1. The van der Waals surface area contributed by atoms with E-state index in [0.717, 1.165) is 12.8 Å². The van der Waals surface area contributed by atoms with Gasteiger partial charge in [0.15, 0.2) is 0 Å². The molecule has 5 fully saturated rings. The van der Waals surface area contributed by atoms with Crippen LogP contribution in [0.15, 0.2) is 24.3 Å². The standard InChI is InChI=1S/C18H16N2O2/c19-8-9-1-3-10(4-2-9)20-17(21)15-11-5-6-12(14-7-13(11)14)16(15)18(20)22/h1-4,11-16H,5-7H2. The minimum Gasteiger partial charge on any atom is -0.274 e. The molecule has 6 rings (SSSR count). The van der Waals surface area contributed by atoms with Crippen molar-refractivity contribution in [1.29, 1.82) is 5.26 Å². The second-order valence-corrected chi connectivity index (χ2v) is 7.19. The van der Waals surface area contributed by atoms with Crippen LogP contribution in [0.1, 0.15) is 24.8 Å². The lowest BCUT2D eigenvalue weighted by Gasteiger charge is -2.42. The van der Waals surface area contributed by atoms with E-state index in [2.05, 4.69) is 6.07 Å².